The number of nitrogens with one attached hydrogen (secondary N) is 2. The topological polar surface area (TPSA) is 115 Å². The molecule has 2 rings (SSSR count). The van der Waals surface area contributed by atoms with Gasteiger partial charge in [0.05, 0.1) is 6.54 Å². The van der Waals surface area contributed by atoms with Crippen molar-refractivity contribution in [2.45, 2.75) is 11.4 Å². The Morgan fingerprint density at radius 2 is 2.25 bits per heavy atom. The van der Waals surface area contributed by atoms with E-state index in [0.29, 0.717) is 11.0 Å². The molecule has 0 aliphatic carbocycles. The number of rotatable bonds is 6. The molecule has 0 saturated heterocycles. The highest BCUT2D eigenvalue weighted by Gasteiger charge is 2.19. The number of halogens is 1. The van der Waals surface area contributed by atoms with E-state index in [2.05, 4.69) is 36.2 Å². The van der Waals surface area contributed by atoms with E-state index in [1.807, 2.05) is 0 Å². The average Bonchev–Trinajstić information content (AvgIpc) is 2.91. The second-order valence-corrected chi connectivity index (χ2v) is 6.46. The zero-order chi connectivity index (χ0) is 14.6. The fraction of sp³-hybridized carbons (Fsp3) is 0.200. The second kappa shape index (κ2) is 6.31. The van der Waals surface area contributed by atoms with E-state index in [4.69, 9.17) is 5.84 Å². The van der Waals surface area contributed by atoms with Crippen LogP contribution in [0.2, 0.25) is 0 Å². The van der Waals surface area contributed by atoms with Gasteiger partial charge >= 0.3 is 0 Å². The Kier molecular flexibility index (Phi) is 4.70. The molecule has 0 atom stereocenters. The molecule has 0 spiro atoms. The van der Waals surface area contributed by atoms with E-state index in [-0.39, 0.29) is 17.3 Å². The van der Waals surface area contributed by atoms with Crippen molar-refractivity contribution in [1.82, 2.24) is 19.5 Å². The normalized spacial score (nSPS) is 11.5. The van der Waals surface area contributed by atoms with Crippen LogP contribution in [0.25, 0.3) is 0 Å². The van der Waals surface area contributed by atoms with Crippen molar-refractivity contribution in [3.05, 3.63) is 35.2 Å². The minimum absolute atomic E-state index is 0.0187. The predicted octanol–water partition coefficient (Wildman–Crippen LogP) is 0.305. The maximum atomic E-state index is 12.2. The van der Waals surface area contributed by atoms with Gasteiger partial charge < -0.3 is 5.43 Å². The summed E-state index contributed by atoms with van der Waals surface area (Å²) in [6, 6.07) is 3.20. The minimum atomic E-state index is -3.70. The monoisotopic (exact) mass is 360 g/mol. The van der Waals surface area contributed by atoms with Gasteiger partial charge in [-0.15, -0.1) is 0 Å². The maximum absolute atomic E-state index is 12.2. The molecule has 2 heterocycles. The molecule has 20 heavy (non-hydrogen) atoms. The summed E-state index contributed by atoms with van der Waals surface area (Å²) in [6.45, 7) is 0.638. The highest BCUT2D eigenvalue weighted by atomic mass is 79.9. The average molecular weight is 361 g/mol. The molecule has 0 radical (unpaired) electrons. The summed E-state index contributed by atoms with van der Waals surface area (Å²) >= 11 is 3.18. The van der Waals surface area contributed by atoms with Crippen LogP contribution in [0.5, 0.6) is 0 Å². The lowest BCUT2D eigenvalue weighted by molar-refractivity contribution is 0.561. The third-order valence-corrected chi connectivity index (χ3v) is 4.35. The molecule has 2 aromatic rings. The van der Waals surface area contributed by atoms with E-state index in [9.17, 15) is 8.42 Å². The summed E-state index contributed by atoms with van der Waals surface area (Å²) in [6.07, 6.45) is 4.84. The third-order valence-electron chi connectivity index (χ3n) is 2.44. The Morgan fingerprint density at radius 3 is 2.90 bits per heavy atom. The van der Waals surface area contributed by atoms with Gasteiger partial charge in [-0.3, -0.25) is 4.68 Å². The molecule has 8 nitrogen and oxygen atoms in total. The maximum Gasteiger partial charge on any atom is 0.244 e. The SMILES string of the molecule is NNc1ncc(Br)cc1S(=O)(=O)NCCn1cccn1. The fourth-order valence-corrected chi connectivity index (χ4v) is 3.19. The molecule has 0 bridgehead atoms. The summed E-state index contributed by atoms with van der Waals surface area (Å²) in [7, 11) is -3.70. The number of hydrogen-bond donors (Lipinski definition) is 3. The second-order valence-electron chi connectivity index (χ2n) is 3.81. The highest BCUT2D eigenvalue weighted by Crippen LogP contribution is 2.21. The zero-order valence-electron chi connectivity index (χ0n) is 10.3. The van der Waals surface area contributed by atoms with E-state index >= 15 is 0 Å². The first kappa shape index (κ1) is 14.9. The van der Waals surface area contributed by atoms with Gasteiger partial charge in [-0.2, -0.15) is 5.10 Å². The first-order valence-electron chi connectivity index (χ1n) is 5.62. The largest absolute Gasteiger partial charge is 0.307 e. The lowest BCUT2D eigenvalue weighted by Gasteiger charge is -2.10. The van der Waals surface area contributed by atoms with Gasteiger partial charge in [0.25, 0.3) is 0 Å². The molecule has 10 heteroatoms. The van der Waals surface area contributed by atoms with Crippen LogP contribution in [0.4, 0.5) is 5.82 Å². The van der Waals surface area contributed by atoms with Crippen molar-refractivity contribution in [2.75, 3.05) is 12.0 Å². The summed E-state index contributed by atoms with van der Waals surface area (Å²) in [5.41, 5.74) is 2.26. The predicted molar refractivity (Wildman–Crippen MR) is 77.2 cm³/mol. The van der Waals surface area contributed by atoms with Gasteiger partial charge in [-0.05, 0) is 28.1 Å². The van der Waals surface area contributed by atoms with E-state index < -0.39 is 10.0 Å². The molecule has 0 saturated carbocycles. The lowest BCUT2D eigenvalue weighted by Crippen LogP contribution is -2.29. The van der Waals surface area contributed by atoms with Gasteiger partial charge in [0.15, 0.2) is 5.82 Å². The van der Waals surface area contributed by atoms with Crippen molar-refractivity contribution < 1.29 is 8.42 Å². The standard InChI is InChI=1S/C10H13BrN6O2S/c11-8-6-9(10(16-12)13-7-8)20(18,19)15-3-5-17-4-1-2-14-17/h1-2,4,6-7,15H,3,5,12H2,(H,13,16). The van der Waals surface area contributed by atoms with E-state index in [0.717, 1.165) is 0 Å². The number of nitrogen functional groups attached to an aromatic ring is 1. The minimum Gasteiger partial charge on any atom is -0.307 e. The van der Waals surface area contributed by atoms with Crippen LogP contribution >= 0.6 is 15.9 Å². The summed E-state index contributed by atoms with van der Waals surface area (Å²) in [5.74, 6) is 5.35. The fourth-order valence-electron chi connectivity index (χ4n) is 1.54. The smallest absolute Gasteiger partial charge is 0.244 e. The van der Waals surface area contributed by atoms with Crippen LogP contribution in [0.15, 0.2) is 40.1 Å². The van der Waals surface area contributed by atoms with Crippen LogP contribution in [-0.2, 0) is 16.6 Å². The van der Waals surface area contributed by atoms with Crippen LogP contribution in [0.3, 0.4) is 0 Å². The molecule has 2 aromatic heterocycles. The lowest BCUT2D eigenvalue weighted by atomic mass is 10.5. The van der Waals surface area contributed by atoms with Gasteiger partial charge in [0, 0.05) is 29.6 Å². The van der Waals surface area contributed by atoms with Gasteiger partial charge in [-0.1, -0.05) is 0 Å². The molecule has 0 unspecified atom stereocenters. The molecule has 0 aromatic carbocycles. The summed E-state index contributed by atoms with van der Waals surface area (Å²) in [4.78, 5) is 3.88. The number of pyridine rings is 1. The van der Waals surface area contributed by atoms with Crippen molar-refractivity contribution in [2.24, 2.45) is 5.84 Å². The number of nitrogens with two attached hydrogens (primary N) is 1. The van der Waals surface area contributed by atoms with Crippen molar-refractivity contribution in [1.29, 1.82) is 0 Å². The van der Waals surface area contributed by atoms with Crippen molar-refractivity contribution >= 4 is 31.8 Å². The Bertz CT molecular complexity index is 673. The van der Waals surface area contributed by atoms with Gasteiger partial charge in [0.2, 0.25) is 10.0 Å². The Labute approximate surface area is 124 Å². The zero-order valence-corrected chi connectivity index (χ0v) is 12.7. The molecule has 0 aliphatic rings. The van der Waals surface area contributed by atoms with Gasteiger partial charge in [0.1, 0.15) is 4.90 Å². The van der Waals surface area contributed by atoms with Crippen molar-refractivity contribution in [3.8, 4) is 0 Å². The first-order valence-corrected chi connectivity index (χ1v) is 7.90. The third kappa shape index (κ3) is 3.54. The molecule has 0 fully saturated rings. The summed E-state index contributed by atoms with van der Waals surface area (Å²) in [5, 5.41) is 3.99. The van der Waals surface area contributed by atoms with E-state index in [1.54, 1.807) is 23.1 Å². The van der Waals surface area contributed by atoms with Crippen LogP contribution in [0.1, 0.15) is 0 Å². The van der Waals surface area contributed by atoms with Gasteiger partial charge in [-0.25, -0.2) is 24.0 Å². The number of anilines is 1. The van der Waals surface area contributed by atoms with Crippen LogP contribution in [-0.4, -0.2) is 29.7 Å². The number of nitrogens with zero attached hydrogens (tertiary/aromatic N) is 3. The molecule has 0 amide bonds. The first-order chi connectivity index (χ1) is 9.53. The quantitative estimate of drug-likeness (QED) is 0.504. The van der Waals surface area contributed by atoms with Crippen molar-refractivity contribution in [3.63, 3.8) is 0 Å². The molecule has 4 N–H and O–H groups in total. The number of sulfonamides is 1. The molecular weight excluding hydrogens is 348 g/mol. The molecular formula is C10H13BrN6O2S. The Hall–Kier alpha value is -1.49. The number of hydrogen-bond acceptors (Lipinski definition) is 6. The Balaban J connectivity index is 2.11. The molecule has 108 valence electrons. The number of hydrazine groups is 1. The highest BCUT2D eigenvalue weighted by molar-refractivity contribution is 9.10. The molecule has 0 aliphatic heterocycles. The Morgan fingerprint density at radius 1 is 1.45 bits per heavy atom. The van der Waals surface area contributed by atoms with E-state index in [1.165, 1.54) is 12.3 Å². The summed E-state index contributed by atoms with van der Waals surface area (Å²) < 4.78 is 29.0. The van der Waals surface area contributed by atoms with Crippen LogP contribution < -0.4 is 16.0 Å². The number of aromatic nitrogens is 3. The van der Waals surface area contributed by atoms with Crippen LogP contribution in [0, 0.1) is 0 Å².